The highest BCUT2D eigenvalue weighted by Crippen LogP contribution is 2.59. The van der Waals surface area contributed by atoms with Crippen molar-refractivity contribution < 1.29 is 0 Å². The van der Waals surface area contributed by atoms with Gasteiger partial charge in [0.05, 0.1) is 0 Å². The fourth-order valence-corrected chi connectivity index (χ4v) is 27.3. The van der Waals surface area contributed by atoms with Gasteiger partial charge in [-0.3, -0.25) is 0 Å². The summed E-state index contributed by atoms with van der Waals surface area (Å²) < 4.78 is 0. The van der Waals surface area contributed by atoms with E-state index in [9.17, 15) is 0 Å². The first-order valence-electron chi connectivity index (χ1n) is 69.4. The highest BCUT2D eigenvalue weighted by molar-refractivity contribution is 5.32. The van der Waals surface area contributed by atoms with Gasteiger partial charge in [-0.05, 0) is 221 Å². The zero-order valence-electron chi connectivity index (χ0n) is 103. The van der Waals surface area contributed by atoms with Gasteiger partial charge < -0.3 is 0 Å². The van der Waals surface area contributed by atoms with E-state index < -0.39 is 0 Å². The zero-order valence-corrected chi connectivity index (χ0v) is 103. The minimum absolute atomic E-state index is 0.555. The van der Waals surface area contributed by atoms with Crippen LogP contribution in [0.1, 0.15) is 842 Å². The quantitative estimate of drug-likeness (QED) is 0.0421. The Balaban J connectivity index is 0.000000966. The Labute approximate surface area is 909 Å². The highest BCUT2D eigenvalue weighted by Gasteiger charge is 2.46. The lowest BCUT2D eigenvalue weighted by Crippen LogP contribution is -2.29. The Kier molecular flexibility index (Phi) is 107. The van der Waals surface area contributed by atoms with Crippen LogP contribution >= 0.6 is 0 Å². The smallest absolute Gasteiger partial charge is 0.00541 e. The minimum Gasteiger partial charge on any atom is -0.0707 e. The molecule has 0 saturated heterocycles. The third kappa shape index (κ3) is 77.0. The topological polar surface area (TPSA) is 0 Å². The van der Waals surface area contributed by atoms with E-state index in [0.717, 1.165) is 17.8 Å². The van der Waals surface area contributed by atoms with E-state index in [1.165, 1.54) is 738 Å². The molecule has 0 heteroatoms. The van der Waals surface area contributed by atoms with E-state index in [2.05, 4.69) is 109 Å². The van der Waals surface area contributed by atoms with Crippen molar-refractivity contribution in [2.45, 2.75) is 842 Å². The van der Waals surface area contributed by atoms with Gasteiger partial charge in [0, 0.05) is 0 Å². The highest BCUT2D eigenvalue weighted by atomic mass is 14.5. The monoisotopic (exact) mass is 2000 g/mol. The molecule has 0 amide bonds. The molecule has 3 unspecified atom stereocenters. The molecular weight excluding hydrogens is 1720 g/mol. The summed E-state index contributed by atoms with van der Waals surface area (Å²) in [4.78, 5) is 0. The van der Waals surface area contributed by atoms with Crippen molar-refractivity contribution in [2.24, 2.45) is 28.6 Å². The fraction of sp³-hybridized carbons (Fsp3) is 0.944. The van der Waals surface area contributed by atoms with Crippen molar-refractivity contribution in [1.82, 2.24) is 0 Å². The molecule has 850 valence electrons. The summed E-state index contributed by atoms with van der Waals surface area (Å²) in [6.07, 6.45) is 167. The van der Waals surface area contributed by atoms with Crippen LogP contribution in [0, 0.1) is 28.6 Å². The Morgan fingerprint density at radius 3 is 0.622 bits per heavy atom. The molecule has 0 aliphatic heterocycles. The van der Waals surface area contributed by atoms with Crippen molar-refractivity contribution in [1.29, 1.82) is 0 Å². The van der Waals surface area contributed by atoms with Crippen LogP contribution in [0.3, 0.4) is 0 Å². The van der Waals surface area contributed by atoms with Gasteiger partial charge in [-0.1, -0.05) is 694 Å². The molecule has 4 aliphatic rings. The SMILES string of the molecule is CCCCCCCCC1=C(CCCCCCCC)C(CCCCCCCC)(CCCCCCCC)C(CCCCCCCC)C1.CCCCCCCCC1=C(CCCCCCCC)C(CCCCCCCC)(CCCCCCCC)CC1.CCCCCCCCC1=C(CCCCCCCC)C(CCCCCCCC)CC1.CCCCCCCCCC1=C(CCCCCCCCC)C(CCCCCCCCC)CC1. The van der Waals surface area contributed by atoms with Crippen molar-refractivity contribution in [2.75, 3.05) is 0 Å². The van der Waals surface area contributed by atoms with Crippen LogP contribution in [0.4, 0.5) is 0 Å². The molecule has 0 aromatic carbocycles. The molecule has 0 saturated carbocycles. The first-order valence-corrected chi connectivity index (χ1v) is 69.4. The lowest BCUT2D eigenvalue weighted by atomic mass is 9.64. The molecule has 0 N–H and O–H groups in total. The number of hydrogen-bond acceptors (Lipinski definition) is 0. The standard InChI is InChI=1S/C45H88.C37H72.C32H62.C29H56/c1-6-11-16-21-26-31-36-42-41-43(37-32-27-22-17-12-7-2)45(39-34-29-24-19-14-9-4,40-35-30-25-20-15-10-5)44(42)38-33-28-23-18-13-8-3;1-5-9-13-17-21-25-29-35-31-34-37(32-27-23-19-15-11-7-3,33-28-24-20-16-12-8-4)36(35)30-26-22-18-14-10-6-2;1-4-7-10-13-16-19-22-25-30-28-29-31(26-23-20-17-14-11-8-5-2)32(30)27-24-21-18-15-12-9-6-3;1-4-7-10-13-16-19-22-27-25-26-28(23-20-17-14-11-8-5-2)29(27)24-21-18-15-12-9-6-3/h43H,6-41H2,1-5H3;5-34H2,1-4H3;30H,4-29H2,1-3H3;27H,4-26H2,1-3H3. The van der Waals surface area contributed by atoms with Crippen LogP contribution < -0.4 is 0 Å². The molecule has 3 atom stereocenters. The van der Waals surface area contributed by atoms with Gasteiger partial charge >= 0.3 is 0 Å². The first-order chi connectivity index (χ1) is 70.6. The van der Waals surface area contributed by atoms with Gasteiger partial charge in [0.2, 0.25) is 0 Å². The summed E-state index contributed by atoms with van der Waals surface area (Å²) in [5.41, 5.74) is 17.0. The summed E-state index contributed by atoms with van der Waals surface area (Å²) in [5, 5.41) is 0. The molecule has 0 fully saturated rings. The summed E-state index contributed by atoms with van der Waals surface area (Å²) in [7, 11) is 0. The summed E-state index contributed by atoms with van der Waals surface area (Å²) in [5.74, 6) is 2.89. The van der Waals surface area contributed by atoms with E-state index in [4.69, 9.17) is 0 Å². The summed E-state index contributed by atoms with van der Waals surface area (Å²) in [6, 6.07) is 0. The van der Waals surface area contributed by atoms with Gasteiger partial charge in [-0.15, -0.1) is 0 Å². The Morgan fingerprint density at radius 1 is 0.161 bits per heavy atom. The Hall–Kier alpha value is -1.04. The molecular formula is C143H278. The molecule has 0 aromatic heterocycles. The summed E-state index contributed by atoms with van der Waals surface area (Å²) in [6.45, 7) is 35.1. The van der Waals surface area contributed by atoms with Crippen LogP contribution in [-0.4, -0.2) is 0 Å². The van der Waals surface area contributed by atoms with Gasteiger partial charge in [0.25, 0.3) is 0 Å². The molecule has 0 nitrogen and oxygen atoms in total. The number of allylic oxidation sites excluding steroid dienone is 8. The van der Waals surface area contributed by atoms with Gasteiger partial charge in [0.1, 0.15) is 0 Å². The van der Waals surface area contributed by atoms with Gasteiger partial charge in [-0.2, -0.15) is 0 Å². The third-order valence-electron chi connectivity index (χ3n) is 36.7. The van der Waals surface area contributed by atoms with E-state index in [1.54, 1.807) is 0 Å². The molecule has 0 heterocycles. The van der Waals surface area contributed by atoms with Gasteiger partial charge in [-0.25, -0.2) is 0 Å². The lowest BCUT2D eigenvalue weighted by molar-refractivity contribution is 0.165. The van der Waals surface area contributed by atoms with E-state index in [-0.39, 0.29) is 0 Å². The predicted octanol–water partition coefficient (Wildman–Crippen LogP) is 54.2. The van der Waals surface area contributed by atoms with E-state index >= 15 is 0 Å². The fourth-order valence-electron chi connectivity index (χ4n) is 27.3. The van der Waals surface area contributed by atoms with Crippen molar-refractivity contribution in [3.05, 3.63) is 44.6 Å². The second-order valence-electron chi connectivity index (χ2n) is 49.7. The average Bonchev–Trinajstić information content (AvgIpc) is 1.61. The minimum atomic E-state index is 0.555. The first kappa shape index (κ1) is 140. The van der Waals surface area contributed by atoms with E-state index in [1.807, 2.05) is 39.0 Å². The Bertz CT molecular complexity index is 2630. The second kappa shape index (κ2) is 109. The van der Waals surface area contributed by atoms with Crippen molar-refractivity contribution in [3.8, 4) is 0 Å². The van der Waals surface area contributed by atoms with Crippen LogP contribution in [0.5, 0.6) is 0 Å². The average molecular weight is 2000 g/mol. The maximum atomic E-state index is 2.37. The van der Waals surface area contributed by atoms with Crippen LogP contribution in [0.2, 0.25) is 0 Å². The van der Waals surface area contributed by atoms with Crippen molar-refractivity contribution in [3.63, 3.8) is 0 Å². The van der Waals surface area contributed by atoms with Crippen LogP contribution in [0.25, 0.3) is 0 Å². The van der Waals surface area contributed by atoms with E-state index in [0.29, 0.717) is 10.8 Å². The molecule has 0 aromatic rings. The molecule has 143 heavy (non-hydrogen) atoms. The number of unbranched alkanes of at least 4 members (excludes halogenated alkanes) is 78. The molecule has 4 aliphatic carbocycles. The number of rotatable bonds is 108. The normalized spacial score (nSPS) is 16.2. The van der Waals surface area contributed by atoms with Gasteiger partial charge in [0.15, 0.2) is 0 Å². The molecule has 4 rings (SSSR count). The van der Waals surface area contributed by atoms with Crippen LogP contribution in [0.15, 0.2) is 44.6 Å². The molecule has 0 bridgehead atoms. The predicted molar refractivity (Wildman–Crippen MR) is 660 cm³/mol. The summed E-state index contributed by atoms with van der Waals surface area (Å²) >= 11 is 0. The van der Waals surface area contributed by atoms with Crippen molar-refractivity contribution >= 4 is 0 Å². The maximum Gasteiger partial charge on any atom is -0.00541 e. The largest absolute Gasteiger partial charge is 0.0707 e. The zero-order chi connectivity index (χ0) is 104. The molecule has 0 radical (unpaired) electrons. The third-order valence-corrected chi connectivity index (χ3v) is 36.7. The maximum absolute atomic E-state index is 2.37. The number of hydrogen-bond donors (Lipinski definition) is 0. The second-order valence-corrected chi connectivity index (χ2v) is 49.7. The Morgan fingerprint density at radius 2 is 0.357 bits per heavy atom. The molecule has 0 spiro atoms. The lowest BCUT2D eigenvalue weighted by Gasteiger charge is -2.40. The van der Waals surface area contributed by atoms with Crippen LogP contribution in [-0.2, 0) is 0 Å².